The van der Waals surface area contributed by atoms with E-state index in [0.717, 1.165) is 27.9 Å². The molecule has 0 aliphatic rings. The molecule has 3 heterocycles. The van der Waals surface area contributed by atoms with Crippen LogP contribution in [-0.4, -0.2) is 29.8 Å². The molecule has 23 heavy (non-hydrogen) atoms. The lowest BCUT2D eigenvalue weighted by molar-refractivity contribution is 0.861. The van der Waals surface area contributed by atoms with Crippen molar-refractivity contribution in [1.29, 1.82) is 0 Å². The van der Waals surface area contributed by atoms with Crippen molar-refractivity contribution in [2.45, 2.75) is 17.3 Å². The van der Waals surface area contributed by atoms with E-state index < -0.39 is 0 Å². The Hall–Kier alpha value is -2.67. The smallest absolute Gasteiger partial charge is 0.184 e. The highest BCUT2D eigenvalue weighted by atomic mass is 32.2. The Bertz CT molecular complexity index is 916. The predicted molar refractivity (Wildman–Crippen MR) is 88.2 cm³/mol. The number of hydrogen-bond acceptors (Lipinski definition) is 5. The molecule has 114 valence electrons. The molecule has 0 aliphatic carbocycles. The SMILES string of the molecule is Cc1cccc2nc(C(Sc3ncn[nH]3)c3ccccc3)nn12. The lowest BCUT2D eigenvalue weighted by Crippen LogP contribution is -2.01. The Morgan fingerprint density at radius 3 is 2.70 bits per heavy atom. The number of hydrogen-bond donors (Lipinski definition) is 1. The molecule has 0 aliphatic heterocycles. The number of aryl methyl sites for hydroxylation is 1. The number of benzene rings is 1. The first-order valence-electron chi connectivity index (χ1n) is 7.20. The van der Waals surface area contributed by atoms with E-state index in [4.69, 9.17) is 10.1 Å². The summed E-state index contributed by atoms with van der Waals surface area (Å²) >= 11 is 1.56. The molecule has 0 fully saturated rings. The number of nitrogens with zero attached hydrogens (tertiary/aromatic N) is 5. The van der Waals surface area contributed by atoms with Gasteiger partial charge in [-0.05, 0) is 24.6 Å². The van der Waals surface area contributed by atoms with E-state index in [1.807, 2.05) is 47.8 Å². The van der Waals surface area contributed by atoms with Gasteiger partial charge in [0.1, 0.15) is 6.33 Å². The first kappa shape index (κ1) is 14.0. The minimum atomic E-state index is -0.0524. The molecule has 0 radical (unpaired) electrons. The van der Waals surface area contributed by atoms with Crippen molar-refractivity contribution in [3.05, 3.63) is 71.9 Å². The minimum Gasteiger partial charge on any atom is -0.254 e. The van der Waals surface area contributed by atoms with Crippen LogP contribution < -0.4 is 0 Å². The molecular formula is C16H14N6S. The summed E-state index contributed by atoms with van der Waals surface area (Å²) in [5, 5.41) is 12.2. The normalized spacial score (nSPS) is 12.6. The van der Waals surface area contributed by atoms with Gasteiger partial charge in [0, 0.05) is 5.69 Å². The molecule has 0 amide bonds. The van der Waals surface area contributed by atoms with Crippen molar-refractivity contribution in [2.24, 2.45) is 0 Å². The highest BCUT2D eigenvalue weighted by Gasteiger charge is 2.22. The van der Waals surface area contributed by atoms with Crippen LogP contribution in [0.1, 0.15) is 22.3 Å². The van der Waals surface area contributed by atoms with Crippen LogP contribution in [0.3, 0.4) is 0 Å². The highest BCUT2D eigenvalue weighted by molar-refractivity contribution is 7.99. The molecule has 4 aromatic rings. The third-order valence-corrected chi connectivity index (χ3v) is 4.66. The van der Waals surface area contributed by atoms with Crippen molar-refractivity contribution in [3.8, 4) is 0 Å². The van der Waals surface area contributed by atoms with E-state index in [1.54, 1.807) is 11.8 Å². The van der Waals surface area contributed by atoms with Gasteiger partial charge in [0.25, 0.3) is 0 Å². The molecule has 0 saturated carbocycles. The van der Waals surface area contributed by atoms with Crippen molar-refractivity contribution in [2.75, 3.05) is 0 Å². The number of pyridine rings is 1. The fourth-order valence-corrected chi connectivity index (χ4v) is 3.36. The van der Waals surface area contributed by atoms with Crippen molar-refractivity contribution in [1.82, 2.24) is 29.8 Å². The van der Waals surface area contributed by atoms with Crippen LogP contribution in [0.2, 0.25) is 0 Å². The Morgan fingerprint density at radius 1 is 1.09 bits per heavy atom. The van der Waals surface area contributed by atoms with Gasteiger partial charge in [-0.15, -0.1) is 5.10 Å². The number of fused-ring (bicyclic) bond motifs is 1. The number of thioether (sulfide) groups is 1. The summed E-state index contributed by atoms with van der Waals surface area (Å²) < 4.78 is 1.87. The second-order valence-electron chi connectivity index (χ2n) is 5.11. The van der Waals surface area contributed by atoms with Crippen LogP contribution in [0.25, 0.3) is 5.65 Å². The van der Waals surface area contributed by atoms with Crippen LogP contribution >= 0.6 is 11.8 Å². The quantitative estimate of drug-likeness (QED) is 0.585. The Kier molecular flexibility index (Phi) is 3.55. The van der Waals surface area contributed by atoms with Gasteiger partial charge >= 0.3 is 0 Å². The predicted octanol–water partition coefficient (Wildman–Crippen LogP) is 3.04. The number of H-pyrrole nitrogens is 1. The molecule has 3 aromatic heterocycles. The summed E-state index contributed by atoms with van der Waals surface area (Å²) in [5.74, 6) is 0.756. The van der Waals surface area contributed by atoms with Gasteiger partial charge in [-0.3, -0.25) is 5.10 Å². The van der Waals surface area contributed by atoms with Crippen LogP contribution in [0, 0.1) is 6.92 Å². The maximum atomic E-state index is 4.70. The summed E-state index contributed by atoms with van der Waals surface area (Å²) in [4.78, 5) is 8.91. The summed E-state index contributed by atoms with van der Waals surface area (Å²) in [6, 6.07) is 16.2. The summed E-state index contributed by atoms with van der Waals surface area (Å²) in [6.07, 6.45) is 1.51. The molecule has 0 saturated heterocycles. The van der Waals surface area contributed by atoms with E-state index in [0.29, 0.717) is 0 Å². The number of aromatic amines is 1. The molecule has 4 rings (SSSR count). The maximum Gasteiger partial charge on any atom is 0.184 e. The molecule has 7 heteroatoms. The molecule has 1 aromatic carbocycles. The minimum absolute atomic E-state index is 0.0524. The zero-order valence-corrected chi connectivity index (χ0v) is 13.2. The summed E-state index contributed by atoms with van der Waals surface area (Å²) in [6.45, 7) is 2.02. The van der Waals surface area contributed by atoms with Gasteiger partial charge in [0.2, 0.25) is 0 Å². The summed E-state index contributed by atoms with van der Waals surface area (Å²) in [5.41, 5.74) is 3.03. The standard InChI is InChI=1S/C16H14N6S/c1-11-6-5-9-13-19-15(21-22(11)13)14(12-7-3-2-4-8-12)23-16-17-10-18-20-16/h2-10,14H,1H3,(H,17,18,20). The van der Waals surface area contributed by atoms with E-state index >= 15 is 0 Å². The van der Waals surface area contributed by atoms with Crippen molar-refractivity contribution in [3.63, 3.8) is 0 Å². The molecule has 1 atom stereocenters. The average molecular weight is 322 g/mol. The first-order chi connectivity index (χ1) is 11.3. The zero-order chi connectivity index (χ0) is 15.6. The van der Waals surface area contributed by atoms with E-state index in [-0.39, 0.29) is 5.25 Å². The van der Waals surface area contributed by atoms with E-state index in [9.17, 15) is 0 Å². The van der Waals surface area contributed by atoms with Crippen LogP contribution in [0.15, 0.2) is 60.0 Å². The molecule has 1 N–H and O–H groups in total. The number of nitrogens with one attached hydrogen (secondary N) is 1. The zero-order valence-electron chi connectivity index (χ0n) is 12.4. The Labute approximate surface area is 137 Å². The lowest BCUT2D eigenvalue weighted by atomic mass is 10.1. The second kappa shape index (κ2) is 5.85. The van der Waals surface area contributed by atoms with Gasteiger partial charge in [-0.25, -0.2) is 14.5 Å². The monoisotopic (exact) mass is 322 g/mol. The molecule has 0 spiro atoms. The van der Waals surface area contributed by atoms with Crippen molar-refractivity contribution >= 4 is 17.4 Å². The van der Waals surface area contributed by atoms with Gasteiger partial charge in [-0.1, -0.05) is 48.2 Å². The van der Waals surface area contributed by atoms with Gasteiger partial charge in [0.15, 0.2) is 16.6 Å². The topological polar surface area (TPSA) is 71.8 Å². The van der Waals surface area contributed by atoms with E-state index in [1.165, 1.54) is 6.33 Å². The first-order valence-corrected chi connectivity index (χ1v) is 8.08. The number of rotatable bonds is 4. The molecular weight excluding hydrogens is 308 g/mol. The van der Waals surface area contributed by atoms with Gasteiger partial charge < -0.3 is 0 Å². The average Bonchev–Trinajstić information content (AvgIpc) is 3.23. The Balaban J connectivity index is 1.81. The van der Waals surface area contributed by atoms with Crippen LogP contribution in [-0.2, 0) is 0 Å². The Morgan fingerprint density at radius 2 is 1.96 bits per heavy atom. The summed E-state index contributed by atoms with van der Waals surface area (Å²) in [7, 11) is 0. The lowest BCUT2D eigenvalue weighted by Gasteiger charge is -2.11. The molecule has 6 nitrogen and oxygen atoms in total. The van der Waals surface area contributed by atoms with Gasteiger partial charge in [0.05, 0.1) is 5.25 Å². The van der Waals surface area contributed by atoms with Crippen LogP contribution in [0.5, 0.6) is 0 Å². The molecule has 0 bridgehead atoms. The van der Waals surface area contributed by atoms with E-state index in [2.05, 4.69) is 27.3 Å². The maximum absolute atomic E-state index is 4.70. The van der Waals surface area contributed by atoms with Crippen molar-refractivity contribution < 1.29 is 0 Å². The largest absolute Gasteiger partial charge is 0.254 e. The fourth-order valence-electron chi connectivity index (χ4n) is 2.42. The highest BCUT2D eigenvalue weighted by Crippen LogP contribution is 2.37. The second-order valence-corrected chi connectivity index (χ2v) is 6.20. The van der Waals surface area contributed by atoms with Crippen LogP contribution in [0.4, 0.5) is 0 Å². The van der Waals surface area contributed by atoms with Gasteiger partial charge in [-0.2, -0.15) is 5.10 Å². The molecule has 1 unspecified atom stereocenters. The third kappa shape index (κ3) is 2.70. The third-order valence-electron chi connectivity index (χ3n) is 3.52. The number of aromatic nitrogens is 6. The fraction of sp³-hybridized carbons (Fsp3) is 0.125.